The second-order valence-corrected chi connectivity index (χ2v) is 6.47. The molecule has 0 aliphatic rings. The Labute approximate surface area is 94.6 Å². The molecule has 1 N–H and O–H groups in total. The lowest BCUT2D eigenvalue weighted by Gasteiger charge is -2.14. The smallest absolute Gasteiger partial charge is 0.148 e. The topological polar surface area (TPSA) is 46.2 Å². The average molecular weight is 235 g/mol. The third-order valence-electron chi connectivity index (χ3n) is 2.57. The molecule has 0 amide bonds. The molecule has 0 rings (SSSR count). The van der Waals surface area contributed by atoms with Crippen LogP contribution in [0.5, 0.6) is 0 Å². The Hall–Kier alpha value is -0.0900. The van der Waals surface area contributed by atoms with E-state index in [-0.39, 0.29) is 11.8 Å². The van der Waals surface area contributed by atoms with Crippen LogP contribution < -0.4 is 5.32 Å². The van der Waals surface area contributed by atoms with E-state index < -0.39 is 9.84 Å². The number of hydrogen-bond donors (Lipinski definition) is 1. The van der Waals surface area contributed by atoms with Crippen molar-refractivity contribution in [2.45, 2.75) is 51.5 Å². The zero-order valence-electron chi connectivity index (χ0n) is 10.3. The van der Waals surface area contributed by atoms with Gasteiger partial charge < -0.3 is 5.32 Å². The van der Waals surface area contributed by atoms with Gasteiger partial charge in [0.15, 0.2) is 0 Å². The molecule has 0 fully saturated rings. The van der Waals surface area contributed by atoms with Gasteiger partial charge in [0.05, 0.1) is 5.75 Å². The van der Waals surface area contributed by atoms with Gasteiger partial charge in [-0.25, -0.2) is 8.42 Å². The molecule has 0 aromatic rings. The summed E-state index contributed by atoms with van der Waals surface area (Å²) >= 11 is 0. The maximum Gasteiger partial charge on any atom is 0.148 e. The molecular formula is C11H25NO2S. The van der Waals surface area contributed by atoms with Crippen LogP contribution >= 0.6 is 0 Å². The molecule has 0 saturated carbocycles. The maximum atomic E-state index is 11.1. The zero-order valence-corrected chi connectivity index (χ0v) is 11.1. The van der Waals surface area contributed by atoms with Crippen molar-refractivity contribution in [2.75, 3.05) is 19.1 Å². The Kier molecular flexibility index (Phi) is 8.06. The summed E-state index contributed by atoms with van der Waals surface area (Å²) in [5.41, 5.74) is 0. The van der Waals surface area contributed by atoms with E-state index in [1.54, 1.807) is 0 Å². The minimum absolute atomic E-state index is 0.127. The van der Waals surface area contributed by atoms with Gasteiger partial charge in [0, 0.05) is 12.3 Å². The van der Waals surface area contributed by atoms with E-state index in [1.165, 1.54) is 31.9 Å². The fourth-order valence-electron chi connectivity index (χ4n) is 1.67. The Bertz CT molecular complexity index is 237. The maximum absolute atomic E-state index is 11.1. The Morgan fingerprint density at radius 2 is 1.73 bits per heavy atom. The van der Waals surface area contributed by atoms with Crippen LogP contribution in [0.2, 0.25) is 0 Å². The fourth-order valence-corrected chi connectivity index (χ4v) is 2.73. The van der Waals surface area contributed by atoms with Crippen molar-refractivity contribution in [3.8, 4) is 0 Å². The van der Waals surface area contributed by atoms with Crippen LogP contribution in [0.15, 0.2) is 0 Å². The highest BCUT2D eigenvalue weighted by molar-refractivity contribution is 7.90. The van der Waals surface area contributed by atoms with Gasteiger partial charge in [0.25, 0.3) is 0 Å². The van der Waals surface area contributed by atoms with E-state index in [0.717, 1.165) is 12.8 Å². The van der Waals surface area contributed by atoms with Crippen molar-refractivity contribution >= 4 is 9.84 Å². The Balaban J connectivity index is 3.62. The van der Waals surface area contributed by atoms with Gasteiger partial charge in [-0.05, 0) is 13.5 Å². The van der Waals surface area contributed by atoms with Gasteiger partial charge in [0.1, 0.15) is 9.84 Å². The van der Waals surface area contributed by atoms with Gasteiger partial charge in [-0.2, -0.15) is 0 Å². The first kappa shape index (κ1) is 14.9. The van der Waals surface area contributed by atoms with E-state index in [0.29, 0.717) is 0 Å². The monoisotopic (exact) mass is 235 g/mol. The molecule has 92 valence electrons. The van der Waals surface area contributed by atoms with Crippen molar-refractivity contribution in [2.24, 2.45) is 0 Å². The lowest BCUT2D eigenvalue weighted by molar-refractivity contribution is 0.506. The van der Waals surface area contributed by atoms with Crippen LogP contribution in [0.4, 0.5) is 0 Å². The SMILES string of the molecule is CCCCCCCC(CS(C)(=O)=O)NC. The van der Waals surface area contributed by atoms with E-state index in [9.17, 15) is 8.42 Å². The molecule has 0 heterocycles. The van der Waals surface area contributed by atoms with Gasteiger partial charge in [-0.3, -0.25) is 0 Å². The molecular weight excluding hydrogens is 210 g/mol. The summed E-state index contributed by atoms with van der Waals surface area (Å²) in [7, 11) is -1.01. The van der Waals surface area contributed by atoms with Gasteiger partial charge >= 0.3 is 0 Å². The molecule has 0 radical (unpaired) electrons. The largest absolute Gasteiger partial charge is 0.316 e. The standard InChI is InChI=1S/C11H25NO2S/c1-4-5-6-7-8-9-11(12-2)10-15(3,13)14/h11-12H,4-10H2,1-3H3. The summed E-state index contributed by atoms with van der Waals surface area (Å²) in [6.07, 6.45) is 8.42. The summed E-state index contributed by atoms with van der Waals surface area (Å²) in [6.45, 7) is 2.19. The summed E-state index contributed by atoms with van der Waals surface area (Å²) in [4.78, 5) is 0. The molecule has 0 aromatic carbocycles. The molecule has 0 bridgehead atoms. The molecule has 0 aliphatic carbocycles. The van der Waals surface area contributed by atoms with Crippen LogP contribution in [-0.4, -0.2) is 33.5 Å². The minimum atomic E-state index is -2.85. The van der Waals surface area contributed by atoms with E-state index in [2.05, 4.69) is 12.2 Å². The van der Waals surface area contributed by atoms with Crippen molar-refractivity contribution in [3.63, 3.8) is 0 Å². The van der Waals surface area contributed by atoms with Crippen molar-refractivity contribution in [3.05, 3.63) is 0 Å². The van der Waals surface area contributed by atoms with Crippen LogP contribution in [-0.2, 0) is 9.84 Å². The van der Waals surface area contributed by atoms with E-state index in [1.807, 2.05) is 7.05 Å². The second kappa shape index (κ2) is 8.11. The summed E-state index contributed by atoms with van der Waals surface area (Å²) in [5, 5.41) is 3.07. The first-order valence-electron chi connectivity index (χ1n) is 5.84. The highest BCUT2D eigenvalue weighted by Gasteiger charge is 2.12. The van der Waals surface area contributed by atoms with Crippen molar-refractivity contribution in [1.82, 2.24) is 5.32 Å². The predicted octanol–water partition coefficient (Wildman–Crippen LogP) is 1.98. The number of nitrogens with one attached hydrogen (secondary N) is 1. The highest BCUT2D eigenvalue weighted by Crippen LogP contribution is 2.08. The summed E-state index contributed by atoms with van der Waals surface area (Å²) in [6, 6.07) is 0.127. The molecule has 4 heteroatoms. The first-order chi connectivity index (χ1) is 6.99. The third-order valence-corrected chi connectivity index (χ3v) is 3.58. The molecule has 0 aromatic heterocycles. The molecule has 0 saturated heterocycles. The number of rotatable bonds is 9. The predicted molar refractivity (Wildman–Crippen MR) is 65.9 cm³/mol. The Morgan fingerprint density at radius 1 is 1.13 bits per heavy atom. The molecule has 0 spiro atoms. The van der Waals surface area contributed by atoms with Gasteiger partial charge in [0.2, 0.25) is 0 Å². The van der Waals surface area contributed by atoms with E-state index in [4.69, 9.17) is 0 Å². The highest BCUT2D eigenvalue weighted by atomic mass is 32.2. The zero-order chi connectivity index (χ0) is 11.7. The van der Waals surface area contributed by atoms with Crippen LogP contribution in [0.25, 0.3) is 0 Å². The van der Waals surface area contributed by atoms with Crippen LogP contribution in [0.3, 0.4) is 0 Å². The second-order valence-electron chi connectivity index (χ2n) is 4.28. The van der Waals surface area contributed by atoms with Crippen molar-refractivity contribution < 1.29 is 8.42 Å². The van der Waals surface area contributed by atoms with Crippen molar-refractivity contribution in [1.29, 1.82) is 0 Å². The van der Waals surface area contributed by atoms with Crippen LogP contribution in [0.1, 0.15) is 45.4 Å². The Morgan fingerprint density at radius 3 is 2.20 bits per heavy atom. The van der Waals surface area contributed by atoms with Crippen LogP contribution in [0, 0.1) is 0 Å². The average Bonchev–Trinajstić information content (AvgIpc) is 2.14. The number of unbranched alkanes of at least 4 members (excludes halogenated alkanes) is 4. The molecule has 1 atom stereocenters. The minimum Gasteiger partial charge on any atom is -0.316 e. The summed E-state index contributed by atoms with van der Waals surface area (Å²) < 4.78 is 22.2. The third kappa shape index (κ3) is 10.2. The molecule has 3 nitrogen and oxygen atoms in total. The summed E-state index contributed by atoms with van der Waals surface area (Å²) in [5.74, 6) is 0.261. The number of sulfone groups is 1. The molecule has 1 unspecified atom stereocenters. The quantitative estimate of drug-likeness (QED) is 0.622. The lowest BCUT2D eigenvalue weighted by atomic mass is 10.1. The van der Waals surface area contributed by atoms with E-state index >= 15 is 0 Å². The fraction of sp³-hybridized carbons (Fsp3) is 1.00. The van der Waals surface area contributed by atoms with Gasteiger partial charge in [-0.1, -0.05) is 39.0 Å². The number of hydrogen-bond acceptors (Lipinski definition) is 3. The normalized spacial score (nSPS) is 14.1. The first-order valence-corrected chi connectivity index (χ1v) is 7.90. The van der Waals surface area contributed by atoms with Gasteiger partial charge in [-0.15, -0.1) is 0 Å². The molecule has 0 aliphatic heterocycles. The molecule has 15 heavy (non-hydrogen) atoms. The lowest BCUT2D eigenvalue weighted by Crippen LogP contribution is -2.32.